The number of benzene rings is 1. The molecule has 0 saturated carbocycles. The van der Waals surface area contributed by atoms with Gasteiger partial charge >= 0.3 is 0 Å². The van der Waals surface area contributed by atoms with Gasteiger partial charge in [-0.2, -0.15) is 5.26 Å². The maximum atomic E-state index is 8.56. The van der Waals surface area contributed by atoms with Crippen LogP contribution in [0.3, 0.4) is 0 Å². The second-order valence-electron chi connectivity index (χ2n) is 2.38. The summed E-state index contributed by atoms with van der Waals surface area (Å²) in [6.07, 6.45) is 0. The molecule has 4 heteroatoms. The van der Waals surface area contributed by atoms with Crippen molar-refractivity contribution in [3.8, 4) is 6.07 Å². The third-order valence-electron chi connectivity index (χ3n) is 1.65. The van der Waals surface area contributed by atoms with Gasteiger partial charge in [-0.05, 0) is 12.1 Å². The Hall–Kier alpha value is -1.17. The minimum absolute atomic E-state index is 0. The van der Waals surface area contributed by atoms with E-state index < -0.39 is 0 Å². The molecule has 2 aromatic rings. The summed E-state index contributed by atoms with van der Waals surface area (Å²) in [5.74, 6) is 0. The second kappa shape index (κ2) is 4.76. The fraction of sp³-hybridized carbons (Fsp3) is 0. The molecule has 1 aromatic carbocycles. The topological polar surface area (TPSA) is 39.6 Å². The van der Waals surface area contributed by atoms with Crippen LogP contribution < -0.4 is 0 Å². The van der Waals surface area contributed by atoms with Crippen LogP contribution in [0.4, 0.5) is 0 Å². The molecule has 68 valence electrons. The molecule has 0 unspecified atom stereocenters. The normalized spacial score (nSPS) is 8.23. The van der Waals surface area contributed by atoms with Gasteiger partial charge in [0.15, 0.2) is 0 Å². The quantitative estimate of drug-likeness (QED) is 0.720. The molecule has 13 heavy (non-hydrogen) atoms. The average molecular weight is 215 g/mol. The van der Waals surface area contributed by atoms with Gasteiger partial charge in [0.05, 0.1) is 0 Å². The fourth-order valence-electron chi connectivity index (χ4n) is 1.13. The van der Waals surface area contributed by atoms with Crippen LogP contribution in [0.2, 0.25) is 0 Å². The zero-order valence-electron chi connectivity index (χ0n) is 6.65. The number of hydrogen-bond acceptors (Lipinski definition) is 1. The largest absolute Gasteiger partial charge is 0.346 e. The number of halogens is 2. The highest BCUT2D eigenvalue weighted by Gasteiger charge is 1.95. The number of rotatable bonds is 0. The molecule has 0 bridgehead atoms. The number of para-hydroxylation sites is 1. The lowest BCUT2D eigenvalue weighted by Gasteiger charge is -1.83. The number of nitrogens with one attached hydrogen (secondary N) is 1. The van der Waals surface area contributed by atoms with Crippen LogP contribution in [0.1, 0.15) is 5.69 Å². The van der Waals surface area contributed by atoms with E-state index >= 15 is 0 Å². The Labute approximate surface area is 88.4 Å². The van der Waals surface area contributed by atoms with Gasteiger partial charge in [0.1, 0.15) is 11.8 Å². The van der Waals surface area contributed by atoms with Gasteiger partial charge in [-0.3, -0.25) is 0 Å². The summed E-state index contributed by atoms with van der Waals surface area (Å²) in [5.41, 5.74) is 1.63. The molecule has 0 radical (unpaired) electrons. The van der Waals surface area contributed by atoms with Crippen molar-refractivity contribution in [3.05, 3.63) is 36.0 Å². The van der Waals surface area contributed by atoms with E-state index in [-0.39, 0.29) is 24.8 Å². The minimum atomic E-state index is 0. The summed E-state index contributed by atoms with van der Waals surface area (Å²) < 4.78 is 0. The van der Waals surface area contributed by atoms with Crippen molar-refractivity contribution in [2.75, 3.05) is 0 Å². The molecule has 0 amide bonds. The first-order valence-corrected chi connectivity index (χ1v) is 3.38. The number of hydrogen-bond donors (Lipinski definition) is 1. The summed E-state index contributed by atoms with van der Waals surface area (Å²) in [7, 11) is 0. The lowest BCUT2D eigenvalue weighted by atomic mass is 10.2. The van der Waals surface area contributed by atoms with E-state index in [1.165, 1.54) is 0 Å². The zero-order valence-corrected chi connectivity index (χ0v) is 8.28. The van der Waals surface area contributed by atoms with Crippen LogP contribution >= 0.6 is 24.8 Å². The summed E-state index contributed by atoms with van der Waals surface area (Å²) in [6.45, 7) is 0. The number of fused-ring (bicyclic) bond motifs is 1. The third-order valence-corrected chi connectivity index (χ3v) is 1.65. The van der Waals surface area contributed by atoms with Crippen LogP contribution in [0.5, 0.6) is 0 Å². The maximum absolute atomic E-state index is 8.56. The van der Waals surface area contributed by atoms with Gasteiger partial charge in [-0.25, -0.2) is 0 Å². The molecule has 0 aliphatic rings. The summed E-state index contributed by atoms with van der Waals surface area (Å²) in [6, 6.07) is 11.7. The van der Waals surface area contributed by atoms with Crippen molar-refractivity contribution in [1.82, 2.24) is 4.98 Å². The lowest BCUT2D eigenvalue weighted by Crippen LogP contribution is -1.67. The summed E-state index contributed by atoms with van der Waals surface area (Å²) in [5, 5.41) is 9.64. The Morgan fingerprint density at radius 1 is 1.15 bits per heavy atom. The van der Waals surface area contributed by atoms with Gasteiger partial charge in [0, 0.05) is 10.9 Å². The van der Waals surface area contributed by atoms with Crippen LogP contribution in [-0.2, 0) is 0 Å². The zero-order chi connectivity index (χ0) is 7.68. The van der Waals surface area contributed by atoms with E-state index in [0.717, 1.165) is 10.9 Å². The average Bonchev–Trinajstić information content (AvgIpc) is 2.46. The minimum Gasteiger partial charge on any atom is -0.346 e. The first kappa shape index (κ1) is 11.8. The molecule has 0 fully saturated rings. The third kappa shape index (κ3) is 2.15. The molecule has 1 aromatic heterocycles. The van der Waals surface area contributed by atoms with E-state index in [1.54, 1.807) is 0 Å². The predicted molar refractivity (Wildman–Crippen MR) is 57.5 cm³/mol. The molecule has 0 aliphatic heterocycles. The van der Waals surface area contributed by atoms with Gasteiger partial charge in [0.25, 0.3) is 0 Å². The van der Waals surface area contributed by atoms with Crippen molar-refractivity contribution in [1.29, 1.82) is 5.26 Å². The van der Waals surface area contributed by atoms with Gasteiger partial charge in [-0.1, -0.05) is 18.2 Å². The lowest BCUT2D eigenvalue weighted by molar-refractivity contribution is 1.37. The monoisotopic (exact) mass is 214 g/mol. The Morgan fingerprint density at radius 3 is 2.46 bits per heavy atom. The maximum Gasteiger partial charge on any atom is 0.118 e. The molecule has 1 heterocycles. The molecule has 2 nitrogen and oxygen atoms in total. The van der Waals surface area contributed by atoms with E-state index in [4.69, 9.17) is 5.26 Å². The van der Waals surface area contributed by atoms with E-state index in [1.807, 2.05) is 30.3 Å². The standard InChI is InChI=1S/C9H6N2.2ClH/c10-6-8-5-7-3-1-2-4-9(7)11-8;;/h1-5,11H;2*1H. The highest BCUT2D eigenvalue weighted by molar-refractivity contribution is 5.85. The fourth-order valence-corrected chi connectivity index (χ4v) is 1.13. The van der Waals surface area contributed by atoms with Crippen molar-refractivity contribution < 1.29 is 0 Å². The van der Waals surface area contributed by atoms with Crippen LogP contribution in [0.15, 0.2) is 30.3 Å². The smallest absolute Gasteiger partial charge is 0.118 e. The highest BCUT2D eigenvalue weighted by atomic mass is 35.5. The van der Waals surface area contributed by atoms with Crippen LogP contribution in [0.25, 0.3) is 10.9 Å². The Balaban J connectivity index is 0.000000720. The molecule has 0 saturated heterocycles. The Morgan fingerprint density at radius 2 is 1.85 bits per heavy atom. The molecule has 0 atom stereocenters. The van der Waals surface area contributed by atoms with E-state index in [0.29, 0.717) is 5.69 Å². The van der Waals surface area contributed by atoms with Crippen LogP contribution in [0, 0.1) is 11.3 Å². The van der Waals surface area contributed by atoms with E-state index in [2.05, 4.69) is 11.1 Å². The molecular weight excluding hydrogens is 207 g/mol. The highest BCUT2D eigenvalue weighted by Crippen LogP contribution is 2.13. The Kier molecular flexibility index (Phi) is 4.33. The van der Waals surface area contributed by atoms with Gasteiger partial charge in [-0.15, -0.1) is 24.8 Å². The Bertz CT molecular complexity index is 395. The molecule has 0 aliphatic carbocycles. The first-order valence-electron chi connectivity index (χ1n) is 3.38. The van der Waals surface area contributed by atoms with Crippen LogP contribution in [-0.4, -0.2) is 4.98 Å². The van der Waals surface area contributed by atoms with Crippen molar-refractivity contribution in [2.24, 2.45) is 0 Å². The summed E-state index contributed by atoms with van der Waals surface area (Å²) >= 11 is 0. The predicted octanol–water partition coefficient (Wildman–Crippen LogP) is 2.88. The number of aromatic nitrogens is 1. The molecule has 1 N–H and O–H groups in total. The first-order chi connectivity index (χ1) is 5.40. The SMILES string of the molecule is Cl.Cl.N#Cc1cc2ccccc2[nH]1. The number of nitrogens with zero attached hydrogens (tertiary/aromatic N) is 1. The number of H-pyrrole nitrogens is 1. The van der Waals surface area contributed by atoms with Crippen molar-refractivity contribution in [3.63, 3.8) is 0 Å². The van der Waals surface area contributed by atoms with E-state index in [9.17, 15) is 0 Å². The molecule has 2 rings (SSSR count). The molecule has 0 spiro atoms. The number of aromatic amines is 1. The second-order valence-corrected chi connectivity index (χ2v) is 2.38. The summed E-state index contributed by atoms with van der Waals surface area (Å²) in [4.78, 5) is 2.98. The molecular formula is C9H8Cl2N2. The van der Waals surface area contributed by atoms with Crippen molar-refractivity contribution >= 4 is 35.7 Å². The number of nitriles is 1. The van der Waals surface area contributed by atoms with Gasteiger partial charge in [0.2, 0.25) is 0 Å². The van der Waals surface area contributed by atoms with Gasteiger partial charge < -0.3 is 4.98 Å². The van der Waals surface area contributed by atoms with Crippen molar-refractivity contribution in [2.45, 2.75) is 0 Å².